The van der Waals surface area contributed by atoms with Crippen molar-refractivity contribution in [1.29, 1.82) is 0 Å². The number of H-pyrrole nitrogens is 1. The molecule has 2 heterocycles. The average Bonchev–Trinajstić information content (AvgIpc) is 2.84. The first-order valence-electron chi connectivity index (χ1n) is 10.2. The molecular formula is C24H20ClFN4O3. The number of benzene rings is 2. The molecule has 4 aromatic rings. The van der Waals surface area contributed by atoms with Gasteiger partial charge in [-0.1, -0.05) is 23.7 Å². The second kappa shape index (κ2) is 10.7. The zero-order valence-corrected chi connectivity index (χ0v) is 18.3. The molecular weight excluding hydrogens is 447 g/mol. The first-order valence-corrected chi connectivity index (χ1v) is 10.5. The minimum Gasteiger partial charge on any atom is -0.464 e. The van der Waals surface area contributed by atoms with Gasteiger partial charge in [-0.3, -0.25) is 9.78 Å². The Morgan fingerprint density at radius 3 is 2.42 bits per heavy atom. The highest BCUT2D eigenvalue weighted by atomic mass is 35.5. The number of hydrogen-bond acceptors (Lipinski definition) is 6. The van der Waals surface area contributed by atoms with E-state index in [2.05, 4.69) is 19.9 Å². The largest absolute Gasteiger partial charge is 0.464 e. The summed E-state index contributed by atoms with van der Waals surface area (Å²) < 4.78 is 24.3. The number of rotatable bonds is 9. The van der Waals surface area contributed by atoms with Crippen LogP contribution in [0.15, 0.2) is 72.2 Å². The normalized spacial score (nSPS) is 10.7. The van der Waals surface area contributed by atoms with Crippen LogP contribution in [0.4, 0.5) is 4.39 Å². The van der Waals surface area contributed by atoms with Gasteiger partial charge >= 0.3 is 0 Å². The Morgan fingerprint density at radius 1 is 0.939 bits per heavy atom. The number of hydrogen-bond donors (Lipinski definition) is 1. The molecule has 0 aliphatic carbocycles. The van der Waals surface area contributed by atoms with E-state index >= 15 is 0 Å². The molecule has 168 valence electrons. The van der Waals surface area contributed by atoms with E-state index in [1.807, 2.05) is 24.3 Å². The molecule has 0 atom stereocenters. The van der Waals surface area contributed by atoms with Crippen molar-refractivity contribution in [2.75, 3.05) is 6.61 Å². The van der Waals surface area contributed by atoms with Gasteiger partial charge in [0, 0.05) is 47.6 Å². The number of ether oxygens (including phenoxy) is 2. The van der Waals surface area contributed by atoms with Crippen molar-refractivity contribution < 1.29 is 13.9 Å². The van der Waals surface area contributed by atoms with E-state index in [1.54, 1.807) is 30.6 Å². The first kappa shape index (κ1) is 22.4. The molecule has 2 aromatic carbocycles. The van der Waals surface area contributed by atoms with Gasteiger partial charge in [-0.15, -0.1) is 0 Å². The third kappa shape index (κ3) is 6.14. The van der Waals surface area contributed by atoms with E-state index in [1.165, 1.54) is 12.5 Å². The lowest BCUT2D eigenvalue weighted by Crippen LogP contribution is -2.16. The summed E-state index contributed by atoms with van der Waals surface area (Å²) in [5.41, 5.74) is 2.47. The van der Waals surface area contributed by atoms with Crippen LogP contribution in [0.3, 0.4) is 0 Å². The van der Waals surface area contributed by atoms with Crippen molar-refractivity contribution in [3.8, 4) is 17.5 Å². The van der Waals surface area contributed by atoms with Crippen LogP contribution >= 0.6 is 11.6 Å². The molecule has 9 heteroatoms. The number of aromatic nitrogens is 4. The van der Waals surface area contributed by atoms with Crippen LogP contribution in [0, 0.1) is 0 Å². The summed E-state index contributed by atoms with van der Waals surface area (Å²) in [6.45, 7) is -0.314. The van der Waals surface area contributed by atoms with Crippen molar-refractivity contribution in [3.05, 3.63) is 105 Å². The van der Waals surface area contributed by atoms with Crippen molar-refractivity contribution >= 4 is 11.6 Å². The molecule has 33 heavy (non-hydrogen) atoms. The van der Waals surface area contributed by atoms with Crippen LogP contribution in [0.25, 0.3) is 0 Å². The minimum atomic E-state index is -0.653. The third-order valence-corrected chi connectivity index (χ3v) is 5.18. The second-order valence-corrected chi connectivity index (χ2v) is 7.60. The maximum Gasteiger partial charge on any atom is 0.296 e. The summed E-state index contributed by atoms with van der Waals surface area (Å²) in [6, 6.07) is 12.5. The molecule has 0 spiro atoms. The van der Waals surface area contributed by atoms with Gasteiger partial charge in [0.15, 0.2) is 0 Å². The van der Waals surface area contributed by atoms with E-state index in [0.29, 0.717) is 47.1 Å². The van der Waals surface area contributed by atoms with Crippen LogP contribution in [0.5, 0.6) is 17.5 Å². The number of nitrogens with one attached hydrogen (secondary N) is 1. The molecule has 0 aliphatic rings. The van der Waals surface area contributed by atoms with Gasteiger partial charge in [-0.05, 0) is 41.5 Å². The predicted octanol–water partition coefficient (Wildman–Crippen LogP) is 4.69. The maximum absolute atomic E-state index is 12.9. The Kier molecular flexibility index (Phi) is 7.26. The lowest BCUT2D eigenvalue weighted by atomic mass is 10.1. The summed E-state index contributed by atoms with van der Waals surface area (Å²) in [5.74, 6) is 1.14. The van der Waals surface area contributed by atoms with E-state index in [0.717, 1.165) is 11.1 Å². The fourth-order valence-electron chi connectivity index (χ4n) is 3.09. The van der Waals surface area contributed by atoms with Crippen LogP contribution in [-0.2, 0) is 19.5 Å². The van der Waals surface area contributed by atoms with Gasteiger partial charge in [-0.25, -0.2) is 19.3 Å². The molecule has 0 saturated carbocycles. The Morgan fingerprint density at radius 2 is 1.70 bits per heavy atom. The van der Waals surface area contributed by atoms with Crippen LogP contribution in [0.2, 0.25) is 5.02 Å². The quantitative estimate of drug-likeness (QED) is 0.385. The Balaban J connectivity index is 1.29. The number of nitrogens with zero attached hydrogens (tertiary/aromatic N) is 3. The fourth-order valence-corrected chi connectivity index (χ4v) is 3.26. The molecule has 0 fully saturated rings. The Labute approximate surface area is 194 Å². The zero-order valence-electron chi connectivity index (χ0n) is 17.5. The van der Waals surface area contributed by atoms with Crippen LogP contribution in [0.1, 0.15) is 22.3 Å². The van der Waals surface area contributed by atoms with Crippen LogP contribution < -0.4 is 15.0 Å². The topological polar surface area (TPSA) is 90.0 Å². The van der Waals surface area contributed by atoms with E-state index in [-0.39, 0.29) is 11.6 Å². The molecule has 0 aliphatic heterocycles. The zero-order chi connectivity index (χ0) is 23.0. The second-order valence-electron chi connectivity index (χ2n) is 7.20. The summed E-state index contributed by atoms with van der Waals surface area (Å²) >= 11 is 5.93. The summed E-state index contributed by atoms with van der Waals surface area (Å²) in [5, 5.41) is 0.372. The molecule has 0 radical (unpaired) electrons. The molecule has 1 N–H and O–H groups in total. The molecule has 0 saturated heterocycles. The summed E-state index contributed by atoms with van der Waals surface area (Å²) in [4.78, 5) is 27.0. The number of aromatic amines is 1. The SMILES string of the molecule is O=c1[nH]c(OCCc2ccc(Oc3ccc(Cl)c(CF)c3)cc2)ncc1Cc1cncnc1. The molecule has 0 unspecified atom stereocenters. The third-order valence-electron chi connectivity index (χ3n) is 4.81. The van der Waals surface area contributed by atoms with E-state index < -0.39 is 6.67 Å². The molecule has 0 amide bonds. The van der Waals surface area contributed by atoms with Gasteiger partial charge in [0.25, 0.3) is 11.6 Å². The lowest BCUT2D eigenvalue weighted by Gasteiger charge is -2.09. The van der Waals surface area contributed by atoms with Gasteiger partial charge in [-0.2, -0.15) is 0 Å². The van der Waals surface area contributed by atoms with Gasteiger partial charge in [0.2, 0.25) is 0 Å². The lowest BCUT2D eigenvalue weighted by molar-refractivity contribution is 0.295. The predicted molar refractivity (Wildman–Crippen MR) is 122 cm³/mol. The fraction of sp³-hybridized carbons (Fsp3) is 0.167. The van der Waals surface area contributed by atoms with E-state index in [9.17, 15) is 9.18 Å². The van der Waals surface area contributed by atoms with Gasteiger partial charge in [0.1, 0.15) is 24.5 Å². The van der Waals surface area contributed by atoms with Crippen molar-refractivity contribution in [2.24, 2.45) is 0 Å². The summed E-state index contributed by atoms with van der Waals surface area (Å²) in [7, 11) is 0. The molecule has 0 bridgehead atoms. The van der Waals surface area contributed by atoms with Gasteiger partial charge < -0.3 is 9.47 Å². The molecule has 7 nitrogen and oxygen atoms in total. The number of halogens is 2. The first-order chi connectivity index (χ1) is 16.1. The smallest absolute Gasteiger partial charge is 0.296 e. The van der Waals surface area contributed by atoms with Gasteiger partial charge in [0.05, 0.1) is 6.61 Å². The maximum atomic E-state index is 12.9. The van der Waals surface area contributed by atoms with Crippen molar-refractivity contribution in [3.63, 3.8) is 0 Å². The highest BCUT2D eigenvalue weighted by Crippen LogP contribution is 2.27. The minimum absolute atomic E-state index is 0.166. The Bertz CT molecular complexity index is 1270. The highest BCUT2D eigenvalue weighted by molar-refractivity contribution is 6.31. The van der Waals surface area contributed by atoms with E-state index in [4.69, 9.17) is 21.1 Å². The highest BCUT2D eigenvalue weighted by Gasteiger charge is 2.07. The standard InChI is InChI=1S/C24H20ClFN4O3/c25-22-6-5-21(10-18(22)11-26)33-20-3-1-16(2-4-20)7-8-32-24-29-14-19(23(31)30-24)9-17-12-27-15-28-13-17/h1-6,10,12-15H,7-9,11H2,(H,29,30,31). The molecule has 4 rings (SSSR count). The van der Waals surface area contributed by atoms with Crippen LogP contribution in [-0.4, -0.2) is 26.5 Å². The monoisotopic (exact) mass is 466 g/mol. The average molecular weight is 467 g/mol. The Hall–Kier alpha value is -3.78. The van der Waals surface area contributed by atoms with Crippen molar-refractivity contribution in [2.45, 2.75) is 19.5 Å². The molecule has 2 aromatic heterocycles. The number of alkyl halides is 1. The summed E-state index contributed by atoms with van der Waals surface area (Å²) in [6.07, 6.45) is 7.25. The van der Waals surface area contributed by atoms with Crippen molar-refractivity contribution in [1.82, 2.24) is 19.9 Å².